The molecular weight excluding hydrogens is 337 g/mol. The molecule has 1 N–H and O–H groups in total. The van der Waals surface area contributed by atoms with Crippen molar-refractivity contribution in [1.82, 2.24) is 0 Å². The van der Waals surface area contributed by atoms with Crippen molar-refractivity contribution >= 4 is 28.9 Å². The number of carbonyl (C=O) groups is 1. The predicted octanol–water partition coefficient (Wildman–Crippen LogP) is 4.52. The third-order valence-corrected chi connectivity index (χ3v) is 3.17. The fourth-order valence-electron chi connectivity index (χ4n) is 1.77. The Morgan fingerprint density at radius 3 is 2.43 bits per heavy atom. The standard InChI is InChI=1S/C14H8ClF3N2O3/c15-12-7-10(20(22)23)4-5-11(12)13(21)19-9-3-1-2-8(6-9)14(16,17)18/h1-7H,(H,19,21). The van der Waals surface area contributed by atoms with Gasteiger partial charge in [0.05, 0.1) is 21.1 Å². The van der Waals surface area contributed by atoms with Crippen LogP contribution < -0.4 is 5.32 Å². The molecule has 0 aliphatic carbocycles. The highest BCUT2D eigenvalue weighted by Gasteiger charge is 2.30. The number of nitro benzene ring substituents is 1. The van der Waals surface area contributed by atoms with Crippen molar-refractivity contribution in [2.45, 2.75) is 6.18 Å². The number of benzene rings is 2. The number of rotatable bonds is 3. The van der Waals surface area contributed by atoms with Gasteiger partial charge in [-0.2, -0.15) is 13.2 Å². The molecule has 23 heavy (non-hydrogen) atoms. The molecule has 0 bridgehead atoms. The zero-order valence-electron chi connectivity index (χ0n) is 11.2. The van der Waals surface area contributed by atoms with Gasteiger partial charge in [0.25, 0.3) is 11.6 Å². The molecular formula is C14H8ClF3N2O3. The molecule has 0 fully saturated rings. The lowest BCUT2D eigenvalue weighted by atomic mass is 10.1. The molecule has 2 rings (SSSR count). The van der Waals surface area contributed by atoms with Gasteiger partial charge in [0.1, 0.15) is 0 Å². The van der Waals surface area contributed by atoms with E-state index in [0.717, 1.165) is 36.4 Å². The second-order valence-electron chi connectivity index (χ2n) is 4.45. The molecule has 1 amide bonds. The molecule has 120 valence electrons. The van der Waals surface area contributed by atoms with E-state index in [1.807, 2.05) is 0 Å². The van der Waals surface area contributed by atoms with Gasteiger partial charge in [-0.3, -0.25) is 14.9 Å². The van der Waals surface area contributed by atoms with Crippen molar-refractivity contribution in [3.8, 4) is 0 Å². The molecule has 0 spiro atoms. The van der Waals surface area contributed by atoms with Gasteiger partial charge in [-0.25, -0.2) is 0 Å². The Hall–Kier alpha value is -2.61. The van der Waals surface area contributed by atoms with Crippen LogP contribution in [0.5, 0.6) is 0 Å². The SMILES string of the molecule is O=C(Nc1cccc(C(F)(F)F)c1)c1ccc([N+](=O)[O-])cc1Cl. The van der Waals surface area contributed by atoms with Crippen LogP contribution in [0.2, 0.25) is 5.02 Å². The minimum Gasteiger partial charge on any atom is -0.322 e. The zero-order chi connectivity index (χ0) is 17.2. The molecule has 0 atom stereocenters. The van der Waals surface area contributed by atoms with E-state index < -0.39 is 22.6 Å². The van der Waals surface area contributed by atoms with Crippen molar-refractivity contribution in [2.75, 3.05) is 5.32 Å². The van der Waals surface area contributed by atoms with Crippen molar-refractivity contribution in [2.24, 2.45) is 0 Å². The van der Waals surface area contributed by atoms with Crippen LogP contribution in [-0.2, 0) is 6.18 Å². The maximum absolute atomic E-state index is 12.6. The maximum atomic E-state index is 12.6. The van der Waals surface area contributed by atoms with Gasteiger partial charge in [0.15, 0.2) is 0 Å². The van der Waals surface area contributed by atoms with Gasteiger partial charge in [0, 0.05) is 17.8 Å². The normalized spacial score (nSPS) is 11.1. The van der Waals surface area contributed by atoms with Crippen molar-refractivity contribution in [1.29, 1.82) is 0 Å². The Morgan fingerprint density at radius 1 is 1.17 bits per heavy atom. The second kappa shape index (κ2) is 6.25. The first-order valence-electron chi connectivity index (χ1n) is 6.11. The molecule has 5 nitrogen and oxygen atoms in total. The van der Waals surface area contributed by atoms with Gasteiger partial charge >= 0.3 is 6.18 Å². The molecule has 2 aromatic carbocycles. The van der Waals surface area contributed by atoms with Crippen LogP contribution in [0, 0.1) is 10.1 Å². The summed E-state index contributed by atoms with van der Waals surface area (Å²) < 4.78 is 37.8. The second-order valence-corrected chi connectivity index (χ2v) is 4.86. The van der Waals surface area contributed by atoms with Crippen LogP contribution >= 0.6 is 11.6 Å². The van der Waals surface area contributed by atoms with Gasteiger partial charge in [-0.1, -0.05) is 17.7 Å². The number of carbonyl (C=O) groups excluding carboxylic acids is 1. The quantitative estimate of drug-likeness (QED) is 0.657. The smallest absolute Gasteiger partial charge is 0.322 e. The van der Waals surface area contributed by atoms with E-state index >= 15 is 0 Å². The molecule has 0 saturated heterocycles. The lowest BCUT2D eigenvalue weighted by Gasteiger charge is -2.10. The first kappa shape index (κ1) is 16.8. The van der Waals surface area contributed by atoms with Crippen LogP contribution in [0.1, 0.15) is 15.9 Å². The summed E-state index contributed by atoms with van der Waals surface area (Å²) in [4.78, 5) is 21.9. The lowest BCUT2D eigenvalue weighted by Crippen LogP contribution is -2.13. The zero-order valence-corrected chi connectivity index (χ0v) is 12.0. The van der Waals surface area contributed by atoms with Crippen LogP contribution in [0.4, 0.5) is 24.5 Å². The van der Waals surface area contributed by atoms with E-state index in [1.54, 1.807) is 0 Å². The van der Waals surface area contributed by atoms with E-state index in [4.69, 9.17) is 11.6 Å². The number of nitrogens with zero attached hydrogens (tertiary/aromatic N) is 1. The van der Waals surface area contributed by atoms with Crippen molar-refractivity contribution < 1.29 is 22.9 Å². The first-order chi connectivity index (χ1) is 10.7. The molecule has 0 heterocycles. The fourth-order valence-corrected chi connectivity index (χ4v) is 2.03. The number of anilines is 1. The highest BCUT2D eigenvalue weighted by molar-refractivity contribution is 6.34. The maximum Gasteiger partial charge on any atom is 0.416 e. The number of alkyl halides is 3. The summed E-state index contributed by atoms with van der Waals surface area (Å²) in [6.07, 6.45) is -4.54. The summed E-state index contributed by atoms with van der Waals surface area (Å²) >= 11 is 5.79. The molecule has 0 aromatic heterocycles. The Balaban J connectivity index is 2.24. The monoisotopic (exact) mass is 344 g/mol. The number of hydrogen-bond acceptors (Lipinski definition) is 3. The first-order valence-corrected chi connectivity index (χ1v) is 6.49. The van der Waals surface area contributed by atoms with E-state index in [2.05, 4.69) is 5.32 Å². The highest BCUT2D eigenvalue weighted by Crippen LogP contribution is 2.31. The molecule has 0 saturated carbocycles. The Labute approximate surface area is 132 Å². The van der Waals surface area contributed by atoms with E-state index in [9.17, 15) is 28.1 Å². The number of amides is 1. The number of halogens is 4. The van der Waals surface area contributed by atoms with Crippen LogP contribution in [0.25, 0.3) is 0 Å². The number of nitro groups is 1. The van der Waals surface area contributed by atoms with E-state index in [1.165, 1.54) is 6.07 Å². The largest absolute Gasteiger partial charge is 0.416 e. The minimum absolute atomic E-state index is 0.0701. The van der Waals surface area contributed by atoms with Crippen LogP contribution in [0.15, 0.2) is 42.5 Å². The van der Waals surface area contributed by atoms with Gasteiger partial charge in [0.2, 0.25) is 0 Å². The molecule has 0 radical (unpaired) electrons. The highest BCUT2D eigenvalue weighted by atomic mass is 35.5. The molecule has 0 aliphatic heterocycles. The van der Waals surface area contributed by atoms with E-state index in [-0.39, 0.29) is 22.0 Å². The Morgan fingerprint density at radius 2 is 1.87 bits per heavy atom. The summed E-state index contributed by atoms with van der Waals surface area (Å²) in [5, 5.41) is 12.7. The van der Waals surface area contributed by atoms with Crippen molar-refractivity contribution in [3.05, 3.63) is 68.7 Å². The minimum atomic E-state index is -4.54. The fraction of sp³-hybridized carbons (Fsp3) is 0.0714. The number of non-ortho nitro benzene ring substituents is 1. The average Bonchev–Trinajstić information content (AvgIpc) is 2.46. The number of nitrogens with one attached hydrogen (secondary N) is 1. The molecule has 0 aliphatic rings. The summed E-state index contributed by atoms with van der Waals surface area (Å²) in [5.41, 5.74) is -1.37. The molecule has 0 unspecified atom stereocenters. The third kappa shape index (κ3) is 3.98. The van der Waals surface area contributed by atoms with Crippen molar-refractivity contribution in [3.63, 3.8) is 0 Å². The topological polar surface area (TPSA) is 72.2 Å². The third-order valence-electron chi connectivity index (χ3n) is 2.86. The summed E-state index contributed by atoms with van der Waals surface area (Å²) in [5.74, 6) is -0.774. The van der Waals surface area contributed by atoms with Crippen LogP contribution in [-0.4, -0.2) is 10.8 Å². The number of hydrogen-bond donors (Lipinski definition) is 1. The Bertz CT molecular complexity index is 778. The van der Waals surface area contributed by atoms with Crippen LogP contribution in [0.3, 0.4) is 0 Å². The van der Waals surface area contributed by atoms with E-state index in [0.29, 0.717) is 0 Å². The predicted molar refractivity (Wildman–Crippen MR) is 77.5 cm³/mol. The van der Waals surface area contributed by atoms with Gasteiger partial charge < -0.3 is 5.32 Å². The average molecular weight is 345 g/mol. The summed E-state index contributed by atoms with van der Waals surface area (Å²) in [6.45, 7) is 0. The molecule has 9 heteroatoms. The van der Waals surface area contributed by atoms with Gasteiger partial charge in [-0.05, 0) is 24.3 Å². The summed E-state index contributed by atoms with van der Waals surface area (Å²) in [6, 6.07) is 7.27. The Kier molecular flexibility index (Phi) is 4.55. The lowest BCUT2D eigenvalue weighted by molar-refractivity contribution is -0.384. The molecule has 2 aromatic rings. The summed E-state index contributed by atoms with van der Waals surface area (Å²) in [7, 11) is 0. The van der Waals surface area contributed by atoms with Gasteiger partial charge in [-0.15, -0.1) is 0 Å².